The van der Waals surface area contributed by atoms with E-state index in [1.54, 1.807) is 0 Å². The van der Waals surface area contributed by atoms with Gasteiger partial charge in [0, 0.05) is 22.1 Å². The monoisotopic (exact) mass is 374 g/mol. The Kier molecular flexibility index (Phi) is 5.60. The number of nitrogens with one attached hydrogen (secondary N) is 1. The number of hydrogen-bond acceptors (Lipinski definition) is 5. The molecule has 0 unspecified atom stereocenters. The Morgan fingerprint density at radius 2 is 1.89 bits per heavy atom. The van der Waals surface area contributed by atoms with Crippen LogP contribution in [0.2, 0.25) is 0 Å². The zero-order valence-electron chi connectivity index (χ0n) is 17.0. The number of fused-ring (bicyclic) bond motifs is 1. The standard InChI is InChI=1S/C21H30N2O4/c1-13-18(19(24)25-6)16-9-7-8-10-17(16)23(13)14(2)20-26-11-15(12-27-20)22-21(3,4)5/h7-10,14-15,20,22H,11-12H2,1-6H3/t14-,15?,20?/m1/s1. The number of methoxy groups -OCH3 is 1. The molecule has 1 saturated heterocycles. The Labute approximate surface area is 160 Å². The summed E-state index contributed by atoms with van der Waals surface area (Å²) < 4.78 is 19.2. The van der Waals surface area contributed by atoms with E-state index in [1.165, 1.54) is 7.11 Å². The van der Waals surface area contributed by atoms with E-state index >= 15 is 0 Å². The lowest BCUT2D eigenvalue weighted by Gasteiger charge is -2.37. The molecule has 148 valence electrons. The van der Waals surface area contributed by atoms with E-state index < -0.39 is 0 Å². The topological polar surface area (TPSA) is 61.7 Å². The van der Waals surface area contributed by atoms with E-state index in [9.17, 15) is 4.79 Å². The molecule has 1 aromatic heterocycles. The van der Waals surface area contributed by atoms with Gasteiger partial charge in [-0.15, -0.1) is 0 Å². The highest BCUT2D eigenvalue weighted by atomic mass is 16.7. The molecule has 1 aliphatic rings. The van der Waals surface area contributed by atoms with Crippen LogP contribution in [0.4, 0.5) is 0 Å². The van der Waals surface area contributed by atoms with Crippen LogP contribution in [0.15, 0.2) is 24.3 Å². The first-order chi connectivity index (χ1) is 12.7. The summed E-state index contributed by atoms with van der Waals surface area (Å²) in [4.78, 5) is 12.3. The molecule has 2 heterocycles. The summed E-state index contributed by atoms with van der Waals surface area (Å²) in [6, 6.07) is 7.95. The lowest BCUT2D eigenvalue weighted by Crippen LogP contribution is -2.52. The van der Waals surface area contributed by atoms with Crippen LogP contribution in [0, 0.1) is 6.92 Å². The van der Waals surface area contributed by atoms with E-state index in [4.69, 9.17) is 14.2 Å². The molecule has 1 aliphatic heterocycles. The predicted molar refractivity (Wildman–Crippen MR) is 105 cm³/mol. The number of carbonyl (C=O) groups is 1. The third kappa shape index (κ3) is 4.03. The molecule has 1 aromatic carbocycles. The van der Waals surface area contributed by atoms with E-state index in [0.717, 1.165) is 16.6 Å². The van der Waals surface area contributed by atoms with Crippen molar-refractivity contribution < 1.29 is 19.0 Å². The largest absolute Gasteiger partial charge is 0.465 e. The average Bonchev–Trinajstić information content (AvgIpc) is 2.91. The summed E-state index contributed by atoms with van der Waals surface area (Å²) in [5.41, 5.74) is 2.45. The fourth-order valence-corrected chi connectivity index (χ4v) is 3.89. The molecule has 3 rings (SSSR count). The average molecular weight is 374 g/mol. The van der Waals surface area contributed by atoms with Crippen LogP contribution < -0.4 is 5.32 Å². The lowest BCUT2D eigenvalue weighted by atomic mass is 10.1. The van der Waals surface area contributed by atoms with E-state index in [0.29, 0.717) is 18.8 Å². The summed E-state index contributed by atoms with van der Waals surface area (Å²) >= 11 is 0. The highest BCUT2D eigenvalue weighted by molar-refractivity contribution is 6.05. The van der Waals surface area contributed by atoms with Crippen LogP contribution in [0.5, 0.6) is 0 Å². The molecule has 27 heavy (non-hydrogen) atoms. The van der Waals surface area contributed by atoms with E-state index in [1.807, 2.05) is 31.2 Å². The Bertz CT molecular complexity index is 813. The van der Waals surface area contributed by atoms with Gasteiger partial charge in [0.05, 0.1) is 38.0 Å². The molecule has 0 amide bonds. The molecule has 1 atom stereocenters. The second-order valence-corrected chi connectivity index (χ2v) is 8.21. The number of rotatable bonds is 4. The number of carbonyl (C=O) groups excluding carboxylic acids is 1. The maximum atomic E-state index is 12.3. The Hall–Kier alpha value is -1.89. The van der Waals surface area contributed by atoms with Gasteiger partial charge >= 0.3 is 5.97 Å². The summed E-state index contributed by atoms with van der Waals surface area (Å²) in [5.74, 6) is -0.324. The first-order valence-corrected chi connectivity index (χ1v) is 9.41. The van der Waals surface area contributed by atoms with Crippen LogP contribution in [0.1, 0.15) is 49.8 Å². The van der Waals surface area contributed by atoms with Crippen LogP contribution in [-0.4, -0.2) is 48.7 Å². The number of aromatic nitrogens is 1. The van der Waals surface area contributed by atoms with Gasteiger partial charge in [0.1, 0.15) is 0 Å². The minimum Gasteiger partial charge on any atom is -0.465 e. The first kappa shape index (κ1) is 19.9. The molecular weight excluding hydrogens is 344 g/mol. The van der Waals surface area contributed by atoms with Crippen LogP contribution in [-0.2, 0) is 14.2 Å². The zero-order valence-corrected chi connectivity index (χ0v) is 17.0. The van der Waals surface area contributed by atoms with Crippen molar-refractivity contribution in [1.29, 1.82) is 0 Å². The number of nitrogens with zero attached hydrogens (tertiary/aromatic N) is 1. The lowest BCUT2D eigenvalue weighted by molar-refractivity contribution is -0.209. The molecule has 0 bridgehead atoms. The third-order valence-electron chi connectivity index (χ3n) is 4.91. The van der Waals surface area contributed by atoms with Gasteiger partial charge in [-0.2, -0.15) is 0 Å². The SMILES string of the molecule is COC(=O)c1c(C)n([C@H](C)C2OCC(NC(C)(C)C)CO2)c2ccccc12. The van der Waals surface area contributed by atoms with Crippen molar-refractivity contribution in [3.05, 3.63) is 35.5 Å². The van der Waals surface area contributed by atoms with Crippen LogP contribution in [0.3, 0.4) is 0 Å². The van der Waals surface area contributed by atoms with Gasteiger partial charge in [0.15, 0.2) is 6.29 Å². The second-order valence-electron chi connectivity index (χ2n) is 8.21. The molecule has 0 spiro atoms. The fraction of sp³-hybridized carbons (Fsp3) is 0.571. The summed E-state index contributed by atoms with van der Waals surface area (Å²) in [6.07, 6.45) is -0.372. The second kappa shape index (κ2) is 7.62. The predicted octanol–water partition coefficient (Wildman–Crippen LogP) is 3.43. The molecule has 6 heteroatoms. The maximum absolute atomic E-state index is 12.3. The van der Waals surface area contributed by atoms with Crippen molar-refractivity contribution in [1.82, 2.24) is 9.88 Å². The number of hydrogen-bond donors (Lipinski definition) is 1. The van der Waals surface area contributed by atoms with Crippen LogP contribution >= 0.6 is 0 Å². The maximum Gasteiger partial charge on any atom is 0.340 e. The van der Waals surface area contributed by atoms with Gasteiger partial charge in [0.2, 0.25) is 0 Å². The van der Waals surface area contributed by atoms with Gasteiger partial charge < -0.3 is 24.1 Å². The number of esters is 1. The smallest absolute Gasteiger partial charge is 0.340 e. The normalized spacial score (nSPS) is 22.0. The zero-order chi connectivity index (χ0) is 19.8. The molecule has 0 aliphatic carbocycles. The highest BCUT2D eigenvalue weighted by Gasteiger charge is 2.32. The Balaban J connectivity index is 1.86. The summed E-state index contributed by atoms with van der Waals surface area (Å²) in [7, 11) is 1.41. The Morgan fingerprint density at radius 3 is 2.48 bits per heavy atom. The van der Waals surface area contributed by atoms with Gasteiger partial charge in [-0.25, -0.2) is 4.79 Å². The van der Waals surface area contributed by atoms with Crippen molar-refractivity contribution in [3.8, 4) is 0 Å². The molecule has 2 aromatic rings. The van der Waals surface area contributed by atoms with Crippen molar-refractivity contribution in [2.24, 2.45) is 0 Å². The fourth-order valence-electron chi connectivity index (χ4n) is 3.89. The third-order valence-corrected chi connectivity index (χ3v) is 4.91. The minimum absolute atomic E-state index is 0.0124. The van der Waals surface area contributed by atoms with Crippen molar-refractivity contribution in [2.75, 3.05) is 20.3 Å². The van der Waals surface area contributed by atoms with Crippen molar-refractivity contribution >= 4 is 16.9 Å². The molecule has 6 nitrogen and oxygen atoms in total. The number of ether oxygens (including phenoxy) is 3. The van der Waals surface area contributed by atoms with E-state index in [2.05, 4.69) is 37.6 Å². The van der Waals surface area contributed by atoms with Crippen LogP contribution in [0.25, 0.3) is 10.9 Å². The minimum atomic E-state index is -0.372. The summed E-state index contributed by atoms with van der Waals surface area (Å²) in [5, 5.41) is 4.39. The molecule has 1 N–H and O–H groups in total. The molecular formula is C21H30N2O4. The number of benzene rings is 1. The molecule has 1 fully saturated rings. The van der Waals surface area contributed by atoms with Gasteiger partial charge in [-0.1, -0.05) is 18.2 Å². The summed E-state index contributed by atoms with van der Waals surface area (Å²) in [6.45, 7) is 11.6. The number of para-hydroxylation sites is 1. The quantitative estimate of drug-likeness (QED) is 0.831. The van der Waals surface area contributed by atoms with Gasteiger partial charge in [-0.3, -0.25) is 0 Å². The highest BCUT2D eigenvalue weighted by Crippen LogP contribution is 2.32. The van der Waals surface area contributed by atoms with E-state index in [-0.39, 0.29) is 29.9 Å². The Morgan fingerprint density at radius 1 is 1.26 bits per heavy atom. The van der Waals surface area contributed by atoms with Gasteiger partial charge in [-0.05, 0) is 40.7 Å². The first-order valence-electron chi connectivity index (χ1n) is 9.41. The molecule has 0 radical (unpaired) electrons. The molecule has 0 saturated carbocycles. The van der Waals surface area contributed by atoms with Gasteiger partial charge in [0.25, 0.3) is 0 Å². The van der Waals surface area contributed by atoms with Crippen molar-refractivity contribution in [2.45, 2.75) is 58.5 Å². The van der Waals surface area contributed by atoms with Crippen molar-refractivity contribution in [3.63, 3.8) is 0 Å².